The summed E-state index contributed by atoms with van der Waals surface area (Å²) in [5.74, 6) is 1.17. The normalized spacial score (nSPS) is 22.7. The van der Waals surface area contributed by atoms with Crippen LogP contribution in [0.1, 0.15) is 52.1 Å². The number of aromatic nitrogens is 3. The first-order valence-corrected chi connectivity index (χ1v) is 8.10. The van der Waals surface area contributed by atoms with E-state index in [0.29, 0.717) is 11.7 Å². The van der Waals surface area contributed by atoms with Gasteiger partial charge in [-0.15, -0.1) is 0 Å². The van der Waals surface area contributed by atoms with Crippen LogP contribution in [0.15, 0.2) is 12.4 Å². The van der Waals surface area contributed by atoms with Crippen molar-refractivity contribution in [1.29, 1.82) is 0 Å². The van der Waals surface area contributed by atoms with Crippen molar-refractivity contribution in [3.8, 4) is 5.75 Å². The molecule has 4 rings (SSSR count). The highest BCUT2D eigenvalue weighted by atomic mass is 16.7. The number of hydrogen-bond donors (Lipinski definition) is 0. The molecule has 1 saturated heterocycles. The number of fused-ring (bicyclic) bond motifs is 1. The van der Waals surface area contributed by atoms with Crippen LogP contribution in [0.2, 0.25) is 0 Å². The molecular weight excluding hydrogens is 293 g/mol. The molecule has 3 heterocycles. The van der Waals surface area contributed by atoms with Gasteiger partial charge < -0.3 is 14.0 Å². The summed E-state index contributed by atoms with van der Waals surface area (Å²) in [5, 5.41) is 4.74. The fourth-order valence-electron chi connectivity index (χ4n) is 2.90. The molecule has 0 N–H and O–H groups in total. The summed E-state index contributed by atoms with van der Waals surface area (Å²) in [6.07, 6.45) is 5.88. The Morgan fingerprint density at radius 3 is 2.43 bits per heavy atom. The number of hydrogen-bond acceptors (Lipinski definition) is 5. The van der Waals surface area contributed by atoms with Gasteiger partial charge in [-0.3, -0.25) is 0 Å². The van der Waals surface area contributed by atoms with Gasteiger partial charge in [-0.2, -0.15) is 5.10 Å². The fraction of sp³-hybridized carbons (Fsp3) is 0.625. The average Bonchev–Trinajstić information content (AvgIpc) is 3.21. The molecule has 7 heteroatoms. The van der Waals surface area contributed by atoms with Crippen molar-refractivity contribution < 1.29 is 14.0 Å². The second-order valence-electron chi connectivity index (χ2n) is 7.42. The molecule has 1 aliphatic carbocycles. The maximum atomic E-state index is 6.24. The standard InChI is InChI=1S/C16H22BN3O3/c1-15(2)16(3,4)23-17(22-15)12-13(10-6-7-10)19-20-9-11(21-5)8-18-14(12)20/h8-10H,6-7H2,1-5H3. The number of rotatable bonds is 3. The monoisotopic (exact) mass is 315 g/mol. The van der Waals surface area contributed by atoms with E-state index in [0.717, 1.165) is 29.6 Å². The topological polar surface area (TPSA) is 57.9 Å². The van der Waals surface area contributed by atoms with E-state index < -0.39 is 7.12 Å². The number of nitrogens with zero attached hydrogens (tertiary/aromatic N) is 3. The highest BCUT2D eigenvalue weighted by Crippen LogP contribution is 2.41. The molecule has 0 bridgehead atoms. The van der Waals surface area contributed by atoms with E-state index in [1.807, 2.05) is 6.20 Å². The zero-order chi connectivity index (χ0) is 16.4. The van der Waals surface area contributed by atoms with Crippen LogP contribution in [0.25, 0.3) is 5.65 Å². The molecule has 2 aromatic rings. The predicted molar refractivity (Wildman–Crippen MR) is 87.2 cm³/mol. The van der Waals surface area contributed by atoms with Crippen molar-refractivity contribution in [1.82, 2.24) is 14.6 Å². The van der Waals surface area contributed by atoms with Crippen LogP contribution < -0.4 is 10.2 Å². The van der Waals surface area contributed by atoms with Crippen molar-refractivity contribution in [2.75, 3.05) is 7.11 Å². The van der Waals surface area contributed by atoms with Gasteiger partial charge in [-0.05, 0) is 40.5 Å². The minimum absolute atomic E-state index is 0.376. The van der Waals surface area contributed by atoms with Crippen LogP contribution in [0.5, 0.6) is 5.75 Å². The lowest BCUT2D eigenvalue weighted by atomic mass is 9.77. The van der Waals surface area contributed by atoms with Crippen molar-refractivity contribution in [2.24, 2.45) is 0 Å². The first kappa shape index (κ1) is 15.0. The molecule has 1 saturated carbocycles. The lowest BCUT2D eigenvalue weighted by Crippen LogP contribution is -2.41. The van der Waals surface area contributed by atoms with E-state index in [2.05, 4.69) is 32.7 Å². The number of methoxy groups -OCH3 is 1. The highest BCUT2D eigenvalue weighted by molar-refractivity contribution is 6.64. The summed E-state index contributed by atoms with van der Waals surface area (Å²) >= 11 is 0. The Labute approximate surface area is 136 Å². The molecule has 0 aromatic carbocycles. The average molecular weight is 315 g/mol. The quantitative estimate of drug-likeness (QED) is 0.810. The van der Waals surface area contributed by atoms with E-state index in [9.17, 15) is 0 Å². The maximum absolute atomic E-state index is 6.24. The van der Waals surface area contributed by atoms with Crippen molar-refractivity contribution in [2.45, 2.75) is 57.7 Å². The van der Waals surface area contributed by atoms with E-state index in [1.54, 1.807) is 17.8 Å². The minimum atomic E-state index is -0.436. The van der Waals surface area contributed by atoms with Crippen LogP contribution >= 0.6 is 0 Å². The minimum Gasteiger partial charge on any atom is -0.494 e. The molecule has 6 nitrogen and oxygen atoms in total. The molecule has 0 atom stereocenters. The van der Waals surface area contributed by atoms with E-state index in [4.69, 9.17) is 19.1 Å². The second kappa shape index (κ2) is 4.71. The molecule has 1 aliphatic heterocycles. The van der Waals surface area contributed by atoms with Crippen molar-refractivity contribution in [3.63, 3.8) is 0 Å². The van der Waals surface area contributed by atoms with Crippen LogP contribution in [0.4, 0.5) is 0 Å². The summed E-state index contributed by atoms with van der Waals surface area (Å²) in [6.45, 7) is 8.25. The summed E-state index contributed by atoms with van der Waals surface area (Å²) < 4.78 is 19.5. The third-order valence-corrected chi connectivity index (χ3v) is 5.20. The third kappa shape index (κ3) is 2.25. The van der Waals surface area contributed by atoms with Gasteiger partial charge in [-0.1, -0.05) is 0 Å². The summed E-state index contributed by atoms with van der Waals surface area (Å²) in [6, 6.07) is 0. The Morgan fingerprint density at radius 1 is 1.22 bits per heavy atom. The molecule has 0 radical (unpaired) electrons. The smallest absolute Gasteiger partial charge is 0.494 e. The molecule has 0 unspecified atom stereocenters. The molecule has 2 aromatic heterocycles. The summed E-state index contributed by atoms with van der Waals surface area (Å²) in [7, 11) is 1.19. The van der Waals surface area contributed by atoms with Crippen LogP contribution in [0, 0.1) is 0 Å². The van der Waals surface area contributed by atoms with E-state index >= 15 is 0 Å². The first-order valence-electron chi connectivity index (χ1n) is 8.10. The van der Waals surface area contributed by atoms with Crippen molar-refractivity contribution >= 4 is 18.2 Å². The van der Waals surface area contributed by atoms with Crippen LogP contribution in [-0.2, 0) is 9.31 Å². The lowest BCUT2D eigenvalue weighted by molar-refractivity contribution is 0.00578. The zero-order valence-electron chi connectivity index (χ0n) is 14.3. The zero-order valence-corrected chi connectivity index (χ0v) is 14.3. The fourth-order valence-corrected chi connectivity index (χ4v) is 2.90. The van der Waals surface area contributed by atoms with Crippen molar-refractivity contribution in [3.05, 3.63) is 18.1 Å². The molecule has 0 spiro atoms. The Balaban J connectivity index is 1.84. The Morgan fingerprint density at radius 2 is 1.87 bits per heavy atom. The summed E-state index contributed by atoms with van der Waals surface area (Å²) in [4.78, 5) is 4.54. The van der Waals surface area contributed by atoms with Crippen LogP contribution in [0.3, 0.4) is 0 Å². The Kier molecular flexibility index (Phi) is 3.06. The van der Waals surface area contributed by atoms with Gasteiger partial charge in [0.05, 0.1) is 41.9 Å². The highest BCUT2D eigenvalue weighted by Gasteiger charge is 2.54. The molecule has 2 fully saturated rings. The van der Waals surface area contributed by atoms with E-state index in [1.165, 1.54) is 0 Å². The third-order valence-electron chi connectivity index (χ3n) is 5.20. The van der Waals surface area contributed by atoms with Gasteiger partial charge in [0.25, 0.3) is 0 Å². The second-order valence-corrected chi connectivity index (χ2v) is 7.42. The number of ether oxygens (including phenoxy) is 1. The van der Waals surface area contributed by atoms with E-state index in [-0.39, 0.29) is 11.2 Å². The molecule has 2 aliphatic rings. The van der Waals surface area contributed by atoms with Gasteiger partial charge in [0, 0.05) is 5.92 Å². The first-order chi connectivity index (χ1) is 10.8. The lowest BCUT2D eigenvalue weighted by Gasteiger charge is -2.32. The van der Waals surface area contributed by atoms with Gasteiger partial charge in [-0.25, -0.2) is 9.50 Å². The van der Waals surface area contributed by atoms with Gasteiger partial charge in [0.2, 0.25) is 0 Å². The Bertz CT molecular complexity index is 751. The molecule has 23 heavy (non-hydrogen) atoms. The maximum Gasteiger partial charge on any atom is 0.500 e. The Hall–Kier alpha value is -1.60. The predicted octanol–water partition coefficient (Wildman–Crippen LogP) is 1.91. The summed E-state index contributed by atoms with van der Waals surface area (Å²) in [5.41, 5.74) is 2.04. The molecule has 0 amide bonds. The van der Waals surface area contributed by atoms with Gasteiger partial charge in [0.15, 0.2) is 11.4 Å². The van der Waals surface area contributed by atoms with Crippen LogP contribution in [-0.4, -0.2) is 40.0 Å². The SMILES string of the molecule is COc1cnc2c(B3OC(C)(C)C(C)(C)O3)c(C3CC3)nn2c1. The largest absolute Gasteiger partial charge is 0.500 e. The van der Waals surface area contributed by atoms with Gasteiger partial charge in [0.1, 0.15) is 0 Å². The molecular formula is C16H22BN3O3. The van der Waals surface area contributed by atoms with Gasteiger partial charge >= 0.3 is 7.12 Å². The molecule has 122 valence electrons.